The first-order valence-electron chi connectivity index (χ1n) is 11.1. The number of amides is 2. The fourth-order valence-corrected chi connectivity index (χ4v) is 3.78. The van der Waals surface area contributed by atoms with Gasteiger partial charge < -0.3 is 20.3 Å². The molecule has 0 spiro atoms. The number of likely N-dealkylation sites (N-methyl/N-ethyl adjacent to an activating group) is 1. The number of para-hydroxylation sites is 1. The quantitative estimate of drug-likeness (QED) is 0.563. The van der Waals surface area contributed by atoms with E-state index in [9.17, 15) is 9.59 Å². The van der Waals surface area contributed by atoms with Crippen LogP contribution < -0.4 is 15.4 Å². The van der Waals surface area contributed by atoms with Crippen LogP contribution in [0.15, 0.2) is 24.3 Å². The van der Waals surface area contributed by atoms with Gasteiger partial charge in [-0.25, -0.2) is 0 Å². The van der Waals surface area contributed by atoms with E-state index in [-0.39, 0.29) is 18.4 Å². The summed E-state index contributed by atoms with van der Waals surface area (Å²) in [5, 5.41) is 5.63. The summed E-state index contributed by atoms with van der Waals surface area (Å²) in [6.07, 6.45) is 6.51. The Morgan fingerprint density at radius 2 is 1.76 bits per heavy atom. The summed E-state index contributed by atoms with van der Waals surface area (Å²) in [5.41, 5.74) is 0.939. The highest BCUT2D eigenvalue weighted by atomic mass is 16.5. The highest BCUT2D eigenvalue weighted by Crippen LogP contribution is 2.26. The molecule has 1 aliphatic carbocycles. The summed E-state index contributed by atoms with van der Waals surface area (Å²) in [6, 6.07) is 7.75. The average molecular weight is 404 g/mol. The Hall–Kier alpha value is -2.08. The molecular weight excluding hydrogens is 366 g/mol. The fraction of sp³-hybridized carbons (Fsp3) is 0.652. The zero-order valence-electron chi connectivity index (χ0n) is 18.0. The van der Waals surface area contributed by atoms with E-state index in [2.05, 4.69) is 29.4 Å². The third-order valence-electron chi connectivity index (χ3n) is 5.65. The standard InChI is InChI=1S/C23H37N3O3/c1-3-26(4-2)14-15-29-21-13-9-8-12-20(21)17-24-23(28)18-25-22(27)16-19-10-6-5-7-11-19/h8-9,12-13,19H,3-7,10-11,14-18H2,1-2H3,(H,24,28)(H,25,27). The molecule has 2 rings (SSSR count). The van der Waals surface area contributed by atoms with Gasteiger partial charge in [0.1, 0.15) is 12.4 Å². The van der Waals surface area contributed by atoms with Crippen molar-refractivity contribution in [2.75, 3.05) is 32.8 Å². The molecule has 6 heteroatoms. The minimum atomic E-state index is -0.181. The predicted octanol–water partition coefficient (Wildman–Crippen LogP) is 3.11. The number of nitrogens with zero attached hydrogens (tertiary/aromatic N) is 1. The van der Waals surface area contributed by atoms with Gasteiger partial charge in [-0.3, -0.25) is 9.59 Å². The van der Waals surface area contributed by atoms with Gasteiger partial charge in [-0.1, -0.05) is 51.3 Å². The van der Waals surface area contributed by atoms with Gasteiger partial charge in [0.2, 0.25) is 11.8 Å². The molecule has 29 heavy (non-hydrogen) atoms. The van der Waals surface area contributed by atoms with Crippen LogP contribution in [0.2, 0.25) is 0 Å². The van der Waals surface area contributed by atoms with Gasteiger partial charge in [-0.15, -0.1) is 0 Å². The fourth-order valence-electron chi connectivity index (χ4n) is 3.78. The lowest BCUT2D eigenvalue weighted by atomic mass is 9.87. The molecule has 0 aliphatic heterocycles. The maximum absolute atomic E-state index is 12.1. The molecule has 0 radical (unpaired) electrons. The first-order chi connectivity index (χ1) is 14.1. The summed E-state index contributed by atoms with van der Waals surface area (Å²) in [4.78, 5) is 26.5. The van der Waals surface area contributed by atoms with E-state index in [4.69, 9.17) is 4.74 Å². The van der Waals surface area contributed by atoms with E-state index in [0.29, 0.717) is 25.5 Å². The van der Waals surface area contributed by atoms with Gasteiger partial charge in [0.15, 0.2) is 0 Å². The van der Waals surface area contributed by atoms with Crippen molar-refractivity contribution in [2.45, 2.75) is 58.9 Å². The lowest BCUT2D eigenvalue weighted by molar-refractivity contribution is -0.126. The topological polar surface area (TPSA) is 70.7 Å². The Labute approximate surface area is 175 Å². The first-order valence-corrected chi connectivity index (χ1v) is 11.1. The Morgan fingerprint density at radius 3 is 2.48 bits per heavy atom. The smallest absolute Gasteiger partial charge is 0.239 e. The molecule has 2 N–H and O–H groups in total. The van der Waals surface area contributed by atoms with E-state index in [1.807, 2.05) is 24.3 Å². The highest BCUT2D eigenvalue weighted by Gasteiger charge is 2.17. The molecule has 2 amide bonds. The number of ether oxygens (including phenoxy) is 1. The second-order valence-corrected chi connectivity index (χ2v) is 7.74. The van der Waals surface area contributed by atoms with E-state index in [0.717, 1.165) is 43.8 Å². The van der Waals surface area contributed by atoms with Crippen molar-refractivity contribution in [1.29, 1.82) is 0 Å². The van der Waals surface area contributed by atoms with Crippen molar-refractivity contribution in [1.82, 2.24) is 15.5 Å². The first kappa shape index (κ1) is 23.2. The van der Waals surface area contributed by atoms with Crippen molar-refractivity contribution in [3.63, 3.8) is 0 Å². The number of hydrogen-bond donors (Lipinski definition) is 2. The van der Waals surface area contributed by atoms with E-state index in [1.165, 1.54) is 19.3 Å². The van der Waals surface area contributed by atoms with Gasteiger partial charge in [0.25, 0.3) is 0 Å². The molecule has 0 atom stereocenters. The van der Waals surface area contributed by atoms with Crippen LogP contribution in [0.3, 0.4) is 0 Å². The SMILES string of the molecule is CCN(CC)CCOc1ccccc1CNC(=O)CNC(=O)CC1CCCCC1. The highest BCUT2D eigenvalue weighted by molar-refractivity contribution is 5.84. The molecule has 6 nitrogen and oxygen atoms in total. The summed E-state index contributed by atoms with van der Waals surface area (Å²) in [7, 11) is 0. The molecule has 1 aromatic rings. The third kappa shape index (κ3) is 8.86. The number of nitrogens with one attached hydrogen (secondary N) is 2. The van der Waals surface area contributed by atoms with Crippen molar-refractivity contribution < 1.29 is 14.3 Å². The predicted molar refractivity (Wildman–Crippen MR) is 116 cm³/mol. The Bertz CT molecular complexity index is 626. The second kappa shape index (κ2) is 13.2. The van der Waals surface area contributed by atoms with E-state index >= 15 is 0 Å². The van der Waals surface area contributed by atoms with Gasteiger partial charge >= 0.3 is 0 Å². The lowest BCUT2D eigenvalue weighted by Gasteiger charge is -2.20. The zero-order chi connectivity index (χ0) is 20.9. The number of hydrogen-bond acceptors (Lipinski definition) is 4. The molecule has 0 heterocycles. The number of carbonyl (C=O) groups excluding carboxylic acids is 2. The lowest BCUT2D eigenvalue weighted by Crippen LogP contribution is -2.37. The van der Waals surface area contributed by atoms with Crippen molar-refractivity contribution in [2.24, 2.45) is 5.92 Å². The maximum atomic E-state index is 12.1. The van der Waals surface area contributed by atoms with Gasteiger partial charge in [-0.05, 0) is 37.9 Å². The third-order valence-corrected chi connectivity index (χ3v) is 5.65. The maximum Gasteiger partial charge on any atom is 0.239 e. The second-order valence-electron chi connectivity index (χ2n) is 7.74. The summed E-state index contributed by atoms with van der Waals surface area (Å²) < 4.78 is 5.92. The molecule has 0 saturated heterocycles. The molecule has 0 unspecified atom stereocenters. The normalized spacial score (nSPS) is 14.6. The van der Waals surface area contributed by atoms with Crippen LogP contribution in [0.4, 0.5) is 0 Å². The summed E-state index contributed by atoms with van der Waals surface area (Å²) in [6.45, 7) is 8.19. The monoisotopic (exact) mass is 403 g/mol. The van der Waals surface area contributed by atoms with Crippen LogP contribution in [0.1, 0.15) is 57.9 Å². The van der Waals surface area contributed by atoms with Gasteiger partial charge in [0.05, 0.1) is 6.54 Å². The van der Waals surface area contributed by atoms with Crippen LogP contribution in [0.5, 0.6) is 5.75 Å². The Balaban J connectivity index is 1.70. The Morgan fingerprint density at radius 1 is 1.03 bits per heavy atom. The summed E-state index contributed by atoms with van der Waals surface area (Å²) >= 11 is 0. The number of carbonyl (C=O) groups is 2. The molecule has 0 aromatic heterocycles. The van der Waals surface area contributed by atoms with Crippen molar-refractivity contribution in [3.8, 4) is 5.75 Å². The van der Waals surface area contributed by atoms with Crippen LogP contribution >= 0.6 is 0 Å². The molecule has 1 saturated carbocycles. The van der Waals surface area contributed by atoms with Crippen molar-refractivity contribution >= 4 is 11.8 Å². The molecule has 0 bridgehead atoms. The minimum absolute atomic E-state index is 0.0211. The van der Waals surface area contributed by atoms with E-state index in [1.54, 1.807) is 0 Å². The van der Waals surface area contributed by atoms with Crippen LogP contribution in [0, 0.1) is 5.92 Å². The van der Waals surface area contributed by atoms with Crippen LogP contribution in [0.25, 0.3) is 0 Å². The summed E-state index contributed by atoms with van der Waals surface area (Å²) in [5.74, 6) is 1.07. The average Bonchev–Trinajstić information content (AvgIpc) is 2.75. The molecule has 1 aliphatic rings. The molecular formula is C23H37N3O3. The number of benzene rings is 1. The van der Waals surface area contributed by atoms with Crippen molar-refractivity contribution in [3.05, 3.63) is 29.8 Å². The largest absolute Gasteiger partial charge is 0.492 e. The van der Waals surface area contributed by atoms with Crippen LogP contribution in [-0.2, 0) is 16.1 Å². The van der Waals surface area contributed by atoms with Crippen LogP contribution in [-0.4, -0.2) is 49.5 Å². The van der Waals surface area contributed by atoms with Gasteiger partial charge in [-0.2, -0.15) is 0 Å². The zero-order valence-corrected chi connectivity index (χ0v) is 18.0. The Kier molecular flexibility index (Phi) is 10.6. The number of rotatable bonds is 12. The minimum Gasteiger partial charge on any atom is -0.492 e. The van der Waals surface area contributed by atoms with Gasteiger partial charge in [0, 0.05) is 25.1 Å². The molecule has 1 aromatic carbocycles. The molecule has 1 fully saturated rings. The molecule has 162 valence electrons. The van der Waals surface area contributed by atoms with E-state index < -0.39 is 0 Å².